The Hall–Kier alpha value is -1.16. The topological polar surface area (TPSA) is 95.8 Å². The van der Waals surface area contributed by atoms with Gasteiger partial charge in [-0.1, -0.05) is 81.4 Å². The Labute approximate surface area is 252 Å². The molecular weight excluding hydrogens is 520 g/mol. The largest absolute Gasteiger partial charge is 0.597 e. The van der Waals surface area contributed by atoms with Gasteiger partial charge in [0, 0.05) is 24.4 Å². The van der Waals surface area contributed by atoms with Crippen LogP contribution in [0.5, 0.6) is 11.5 Å². The van der Waals surface area contributed by atoms with Crippen LogP contribution >= 0.6 is 0 Å². The zero-order valence-electron chi connectivity index (χ0n) is 28.2. The van der Waals surface area contributed by atoms with Gasteiger partial charge in [-0.15, -0.1) is 0 Å². The molecule has 0 atom stereocenters. The van der Waals surface area contributed by atoms with Crippen LogP contribution in [-0.2, 0) is 18.6 Å². The van der Waals surface area contributed by atoms with Gasteiger partial charge in [0.15, 0.2) is 0 Å². The summed E-state index contributed by atoms with van der Waals surface area (Å²) in [6.45, 7) is 30.4. The average Bonchev–Trinajstić information content (AvgIpc) is 3.38. The van der Waals surface area contributed by atoms with E-state index in [1.807, 2.05) is 24.3 Å². The molecule has 0 bridgehead atoms. The second-order valence-corrected chi connectivity index (χ2v) is 14.2. The van der Waals surface area contributed by atoms with Crippen molar-refractivity contribution in [3.05, 3.63) is 24.3 Å². The zero-order chi connectivity index (χ0) is 31.8. The fourth-order valence-electron chi connectivity index (χ4n) is 3.44. The minimum Gasteiger partial charge on any atom is -0.523 e. The smallest absolute Gasteiger partial charge is 0.523 e. The van der Waals surface area contributed by atoms with Crippen molar-refractivity contribution in [3.8, 4) is 11.5 Å². The van der Waals surface area contributed by atoms with Gasteiger partial charge in [0.05, 0.1) is 11.2 Å². The van der Waals surface area contributed by atoms with E-state index in [2.05, 4.69) is 83.1 Å². The molecule has 41 heavy (non-hydrogen) atoms. The lowest BCUT2D eigenvalue weighted by Gasteiger charge is -2.34. The van der Waals surface area contributed by atoms with Gasteiger partial charge in [-0.2, -0.15) is 0 Å². The predicted molar refractivity (Wildman–Crippen MR) is 172 cm³/mol. The summed E-state index contributed by atoms with van der Waals surface area (Å²) in [7, 11) is -1.29. The van der Waals surface area contributed by atoms with E-state index in [4.69, 9.17) is 38.0 Å². The summed E-state index contributed by atoms with van der Waals surface area (Å²) >= 11 is 0. The molecule has 0 radical (unpaired) electrons. The molecule has 0 saturated carbocycles. The Morgan fingerprint density at radius 2 is 0.976 bits per heavy atom. The summed E-state index contributed by atoms with van der Waals surface area (Å²) in [5.41, 5.74) is -0.157. The molecule has 3 heterocycles. The monoisotopic (exact) mass is 576 g/mol. The Bertz CT molecular complexity index is 836. The predicted octanol–water partition coefficient (Wildman–Crippen LogP) is 6.67. The number of fused-ring (bicyclic) bond motifs is 1. The molecule has 1 aromatic rings. The van der Waals surface area contributed by atoms with E-state index < -0.39 is 7.12 Å². The van der Waals surface area contributed by atoms with Gasteiger partial charge in [-0.25, -0.2) is 0 Å². The molecule has 2 N–H and O–H groups in total. The van der Waals surface area contributed by atoms with Crippen molar-refractivity contribution in [2.75, 3.05) is 13.2 Å². The lowest BCUT2D eigenvalue weighted by Crippen LogP contribution is -2.41. The Balaban J connectivity index is 0.000000281. The van der Waals surface area contributed by atoms with Gasteiger partial charge < -0.3 is 38.0 Å². The summed E-state index contributed by atoms with van der Waals surface area (Å²) < 4.78 is 33.8. The molecule has 12 heteroatoms. The standard InChI is InChI=1S/C9H11BO2.C9H19BO2.C8H17BO2.C3H9BO2/c1-7(2)10-11-8-5-3-4-6-9(8)12-10;1-7(2)10-11-8(3,4)9(5,6)12-10;1-7(2)9-10-5-8(3,4)6-11-9;1-3(2)4(5)6/h3-7H,1-2H3;7H,1-6H3;7H,5-6H2,1-4H3;3,5-6H,1-2H3. The van der Waals surface area contributed by atoms with Gasteiger partial charge in [-0.3, -0.25) is 0 Å². The normalized spacial score (nSPS) is 19.9. The molecule has 232 valence electrons. The van der Waals surface area contributed by atoms with Crippen molar-refractivity contribution in [2.24, 2.45) is 5.41 Å². The van der Waals surface area contributed by atoms with Gasteiger partial charge in [0.25, 0.3) is 0 Å². The highest BCUT2D eigenvalue weighted by Crippen LogP contribution is 2.39. The van der Waals surface area contributed by atoms with Crippen LogP contribution in [0.1, 0.15) is 96.9 Å². The third-order valence-electron chi connectivity index (χ3n) is 7.11. The minimum absolute atomic E-state index is 0.0167. The summed E-state index contributed by atoms with van der Waals surface area (Å²) in [6, 6.07) is 7.76. The molecule has 0 unspecified atom stereocenters. The molecule has 3 aliphatic heterocycles. The third kappa shape index (κ3) is 12.5. The van der Waals surface area contributed by atoms with E-state index in [1.54, 1.807) is 13.8 Å². The van der Waals surface area contributed by atoms with Gasteiger partial charge >= 0.3 is 28.5 Å². The van der Waals surface area contributed by atoms with E-state index in [-0.39, 0.29) is 43.8 Å². The average molecular weight is 576 g/mol. The van der Waals surface area contributed by atoms with Crippen LogP contribution in [0.2, 0.25) is 23.3 Å². The molecule has 3 aliphatic rings. The van der Waals surface area contributed by atoms with Crippen LogP contribution in [0.25, 0.3) is 0 Å². The fourth-order valence-corrected chi connectivity index (χ4v) is 3.44. The van der Waals surface area contributed by atoms with E-state index in [0.29, 0.717) is 17.5 Å². The minimum atomic E-state index is -1.15. The maximum Gasteiger partial charge on any atom is 0.597 e. The summed E-state index contributed by atoms with van der Waals surface area (Å²) in [6.07, 6.45) is 0. The molecule has 0 aromatic heterocycles. The Kier molecular flexibility index (Phi) is 14.8. The van der Waals surface area contributed by atoms with Crippen LogP contribution < -0.4 is 9.31 Å². The van der Waals surface area contributed by atoms with Crippen molar-refractivity contribution < 1.29 is 38.0 Å². The molecule has 0 amide bonds. The van der Waals surface area contributed by atoms with Crippen molar-refractivity contribution in [2.45, 2.75) is 131 Å². The number of para-hydroxylation sites is 2. The van der Waals surface area contributed by atoms with Gasteiger partial charge in [0.2, 0.25) is 0 Å². The number of hydrogen-bond donors (Lipinski definition) is 2. The van der Waals surface area contributed by atoms with Crippen LogP contribution in [0.3, 0.4) is 0 Å². The van der Waals surface area contributed by atoms with E-state index in [9.17, 15) is 0 Å². The lowest BCUT2D eigenvalue weighted by molar-refractivity contribution is 0.00578. The van der Waals surface area contributed by atoms with Crippen molar-refractivity contribution in [1.29, 1.82) is 0 Å². The maximum atomic E-state index is 8.19. The second kappa shape index (κ2) is 16.1. The van der Waals surface area contributed by atoms with Crippen LogP contribution in [0.4, 0.5) is 0 Å². The van der Waals surface area contributed by atoms with Crippen molar-refractivity contribution >= 4 is 28.5 Å². The zero-order valence-corrected chi connectivity index (χ0v) is 28.2. The van der Waals surface area contributed by atoms with E-state index in [0.717, 1.165) is 24.7 Å². The molecule has 0 spiro atoms. The van der Waals surface area contributed by atoms with Crippen LogP contribution in [0.15, 0.2) is 24.3 Å². The van der Waals surface area contributed by atoms with Gasteiger partial charge in [0.1, 0.15) is 11.5 Å². The van der Waals surface area contributed by atoms with Crippen LogP contribution in [-0.4, -0.2) is 62.9 Å². The molecule has 0 aliphatic carbocycles. The summed E-state index contributed by atoms with van der Waals surface area (Å²) in [4.78, 5) is 0. The summed E-state index contributed by atoms with van der Waals surface area (Å²) in [5, 5.41) is 16.4. The Morgan fingerprint density at radius 3 is 1.24 bits per heavy atom. The second-order valence-electron chi connectivity index (χ2n) is 14.2. The molecule has 2 fully saturated rings. The first-order chi connectivity index (χ1) is 18.7. The highest BCUT2D eigenvalue weighted by molar-refractivity contribution is 6.49. The lowest BCUT2D eigenvalue weighted by atomic mass is 9.72. The molecule has 4 rings (SSSR count). The first-order valence-electron chi connectivity index (χ1n) is 15.1. The number of benzene rings is 1. The van der Waals surface area contributed by atoms with E-state index >= 15 is 0 Å². The quantitative estimate of drug-likeness (QED) is 0.384. The first kappa shape index (κ1) is 37.9. The van der Waals surface area contributed by atoms with Gasteiger partial charge in [-0.05, 0) is 57.3 Å². The fraction of sp³-hybridized carbons (Fsp3) is 0.793. The molecule has 1 aromatic carbocycles. The maximum absolute atomic E-state index is 8.19. The Morgan fingerprint density at radius 1 is 0.634 bits per heavy atom. The highest BCUT2D eigenvalue weighted by Gasteiger charge is 2.51. The van der Waals surface area contributed by atoms with Crippen molar-refractivity contribution in [3.63, 3.8) is 0 Å². The summed E-state index contributed by atoms with van der Waals surface area (Å²) in [5.74, 6) is 2.95. The number of hydrogen-bond acceptors (Lipinski definition) is 8. The SMILES string of the molecule is CC(C)B(O)O.CC(C)B1OC(C)(C)C(C)(C)O1.CC(C)B1OCC(C)(C)CO1.CC(C)B1Oc2ccccc2O1. The van der Waals surface area contributed by atoms with Crippen molar-refractivity contribution in [1.82, 2.24) is 0 Å². The highest BCUT2D eigenvalue weighted by atomic mass is 16.7. The first-order valence-corrected chi connectivity index (χ1v) is 15.1. The molecular formula is C29H56B4O8. The third-order valence-corrected chi connectivity index (χ3v) is 7.11. The van der Waals surface area contributed by atoms with E-state index in [1.165, 1.54) is 0 Å². The molecule has 8 nitrogen and oxygen atoms in total. The molecule has 2 saturated heterocycles. The number of rotatable bonds is 4. The van der Waals surface area contributed by atoms with Crippen LogP contribution in [0, 0.1) is 5.41 Å².